The molecule has 0 aliphatic rings. The van der Waals surface area contributed by atoms with E-state index < -0.39 is 5.97 Å². The van der Waals surface area contributed by atoms with Gasteiger partial charge in [0.2, 0.25) is 0 Å². The summed E-state index contributed by atoms with van der Waals surface area (Å²) in [6, 6.07) is 0. The van der Waals surface area contributed by atoms with Crippen LogP contribution < -0.4 is 0 Å². The molecule has 0 saturated carbocycles. The summed E-state index contributed by atoms with van der Waals surface area (Å²) in [4.78, 5) is 19.1. The molecule has 0 atom stereocenters. The number of esters is 1. The predicted octanol–water partition coefficient (Wildman–Crippen LogP) is 0.294. The Bertz CT molecular complexity index is 119. The molecule has 0 amide bonds. The number of ether oxygens (including phenoxy) is 1. The van der Waals surface area contributed by atoms with Crippen molar-refractivity contribution in [3.63, 3.8) is 0 Å². The van der Waals surface area contributed by atoms with Gasteiger partial charge in [-0.1, -0.05) is 0 Å². The molecule has 4 heteroatoms. The monoisotopic (exact) mass is 146 g/mol. The van der Waals surface area contributed by atoms with Crippen molar-refractivity contribution in [3.8, 4) is 0 Å². The first-order valence-electron chi connectivity index (χ1n) is 2.71. The van der Waals surface area contributed by atoms with E-state index in [1.54, 1.807) is 0 Å². The molecule has 0 radical (unpaired) electrons. The summed E-state index contributed by atoms with van der Waals surface area (Å²) in [5, 5.41) is 0. The van der Waals surface area contributed by atoms with Crippen LogP contribution >= 0.6 is 0 Å². The Morgan fingerprint density at radius 1 is 1.50 bits per heavy atom. The van der Waals surface area contributed by atoms with Gasteiger partial charge in [0, 0.05) is 6.08 Å². The molecule has 0 heterocycles. The van der Waals surface area contributed by atoms with Crippen molar-refractivity contribution in [1.82, 2.24) is 0 Å². The third-order valence-electron chi connectivity index (χ3n) is 0.737. The fraction of sp³-hybridized carbons (Fsp3) is 0.500. The lowest BCUT2D eigenvalue weighted by molar-refractivity contribution is -0.263. The molecule has 0 aromatic carbocycles. The quantitative estimate of drug-likeness (QED) is 0.188. The van der Waals surface area contributed by atoms with Crippen molar-refractivity contribution in [1.29, 1.82) is 0 Å². The van der Waals surface area contributed by atoms with Gasteiger partial charge in [-0.2, -0.15) is 0 Å². The molecular formula is C6H10O4. The van der Waals surface area contributed by atoms with E-state index in [1.807, 2.05) is 0 Å². The highest BCUT2D eigenvalue weighted by Gasteiger charge is 1.88. The molecule has 0 bridgehead atoms. The van der Waals surface area contributed by atoms with Crippen LogP contribution in [0.5, 0.6) is 0 Å². The molecule has 0 unspecified atom stereocenters. The first-order valence-corrected chi connectivity index (χ1v) is 2.71. The second kappa shape index (κ2) is 6.25. The van der Waals surface area contributed by atoms with E-state index in [9.17, 15) is 4.79 Å². The number of carbonyl (C=O) groups is 1. The first kappa shape index (κ1) is 9.13. The second-order valence-electron chi connectivity index (χ2n) is 1.38. The first-order chi connectivity index (χ1) is 4.81. The van der Waals surface area contributed by atoms with Crippen LogP contribution in [0.2, 0.25) is 0 Å². The summed E-state index contributed by atoms with van der Waals surface area (Å²) in [5.41, 5.74) is 0. The number of rotatable bonds is 4. The molecule has 0 aromatic rings. The lowest BCUT2D eigenvalue weighted by Crippen LogP contribution is -1.95. The van der Waals surface area contributed by atoms with Crippen LogP contribution in [0.15, 0.2) is 12.2 Å². The zero-order valence-corrected chi connectivity index (χ0v) is 5.99. The van der Waals surface area contributed by atoms with Gasteiger partial charge < -0.3 is 4.74 Å². The molecule has 0 rings (SSSR count). The van der Waals surface area contributed by atoms with Crippen molar-refractivity contribution in [2.45, 2.75) is 0 Å². The summed E-state index contributed by atoms with van der Waals surface area (Å²) >= 11 is 0. The van der Waals surface area contributed by atoms with Gasteiger partial charge >= 0.3 is 5.97 Å². The van der Waals surface area contributed by atoms with Crippen LogP contribution in [-0.4, -0.2) is 26.8 Å². The number of hydrogen-bond acceptors (Lipinski definition) is 4. The Kier molecular flexibility index (Phi) is 5.71. The van der Waals surface area contributed by atoms with Gasteiger partial charge in [-0.25, -0.2) is 14.6 Å². The Morgan fingerprint density at radius 3 is 2.70 bits per heavy atom. The van der Waals surface area contributed by atoms with Crippen LogP contribution in [0, 0.1) is 0 Å². The van der Waals surface area contributed by atoms with E-state index in [0.717, 1.165) is 0 Å². The van der Waals surface area contributed by atoms with Gasteiger partial charge in [-0.05, 0) is 6.08 Å². The average Bonchev–Trinajstić information content (AvgIpc) is 1.98. The lowest BCUT2D eigenvalue weighted by Gasteiger charge is -1.91. The molecule has 0 saturated heterocycles. The molecular weight excluding hydrogens is 136 g/mol. The summed E-state index contributed by atoms with van der Waals surface area (Å²) in [6.45, 7) is 0.242. The number of carbonyl (C=O) groups excluding carboxylic acids is 1. The van der Waals surface area contributed by atoms with Gasteiger partial charge in [0.05, 0.1) is 14.2 Å². The molecule has 0 aliphatic carbocycles. The predicted molar refractivity (Wildman–Crippen MR) is 34.1 cm³/mol. The van der Waals surface area contributed by atoms with E-state index in [0.29, 0.717) is 0 Å². The smallest absolute Gasteiger partial charge is 0.330 e. The second-order valence-corrected chi connectivity index (χ2v) is 1.38. The summed E-state index contributed by atoms with van der Waals surface area (Å²) in [7, 11) is 2.70. The lowest BCUT2D eigenvalue weighted by atomic mass is 10.5. The van der Waals surface area contributed by atoms with Crippen LogP contribution in [0.3, 0.4) is 0 Å². The molecule has 0 N–H and O–H groups in total. The largest absolute Gasteiger partial charge is 0.466 e. The number of hydrogen-bond donors (Lipinski definition) is 0. The van der Waals surface area contributed by atoms with Crippen LogP contribution in [0.25, 0.3) is 0 Å². The van der Waals surface area contributed by atoms with Crippen molar-refractivity contribution >= 4 is 5.97 Å². The van der Waals surface area contributed by atoms with E-state index in [-0.39, 0.29) is 6.61 Å². The van der Waals surface area contributed by atoms with Gasteiger partial charge in [0.25, 0.3) is 0 Å². The highest BCUT2D eigenvalue weighted by Crippen LogP contribution is 1.79. The Labute approximate surface area is 59.3 Å². The van der Waals surface area contributed by atoms with E-state index in [1.165, 1.54) is 26.4 Å². The van der Waals surface area contributed by atoms with Crippen LogP contribution in [0.1, 0.15) is 0 Å². The summed E-state index contributed by atoms with van der Waals surface area (Å²) in [6.07, 6.45) is 2.76. The highest BCUT2D eigenvalue weighted by atomic mass is 17.2. The zero-order chi connectivity index (χ0) is 7.82. The van der Waals surface area contributed by atoms with Crippen molar-refractivity contribution in [3.05, 3.63) is 12.2 Å². The molecule has 10 heavy (non-hydrogen) atoms. The fourth-order valence-corrected chi connectivity index (χ4v) is 0.320. The van der Waals surface area contributed by atoms with Crippen molar-refractivity contribution in [2.24, 2.45) is 0 Å². The Balaban J connectivity index is 3.27. The molecule has 0 aliphatic heterocycles. The standard InChI is InChI=1S/C6H10O4/c1-8-6(7)4-3-5-10-9-2/h3-4H,5H2,1-2H3/b4-3-. The molecule has 58 valence electrons. The normalized spacial score (nSPS) is 10.2. The maximum absolute atomic E-state index is 10.4. The molecule has 0 aromatic heterocycles. The zero-order valence-electron chi connectivity index (χ0n) is 5.99. The minimum absolute atomic E-state index is 0.242. The third kappa shape index (κ3) is 5.27. The minimum Gasteiger partial charge on any atom is -0.466 e. The average molecular weight is 146 g/mol. The van der Waals surface area contributed by atoms with E-state index in [2.05, 4.69) is 14.5 Å². The van der Waals surface area contributed by atoms with E-state index in [4.69, 9.17) is 0 Å². The maximum atomic E-state index is 10.4. The van der Waals surface area contributed by atoms with Crippen molar-refractivity contribution < 1.29 is 19.3 Å². The minimum atomic E-state index is -0.403. The number of methoxy groups -OCH3 is 1. The van der Waals surface area contributed by atoms with Crippen LogP contribution in [-0.2, 0) is 19.3 Å². The van der Waals surface area contributed by atoms with Gasteiger partial charge in [0.1, 0.15) is 6.61 Å². The molecule has 0 spiro atoms. The molecule has 4 nitrogen and oxygen atoms in total. The maximum Gasteiger partial charge on any atom is 0.330 e. The highest BCUT2D eigenvalue weighted by molar-refractivity contribution is 5.81. The van der Waals surface area contributed by atoms with Crippen LogP contribution in [0.4, 0.5) is 0 Å². The van der Waals surface area contributed by atoms with Gasteiger partial charge in [-0.3, -0.25) is 0 Å². The SMILES string of the molecule is COOC/C=C\C(=O)OC. The summed E-state index contributed by atoms with van der Waals surface area (Å²) in [5.74, 6) is -0.403. The molecule has 0 fully saturated rings. The Morgan fingerprint density at radius 2 is 2.20 bits per heavy atom. The van der Waals surface area contributed by atoms with E-state index >= 15 is 0 Å². The Hall–Kier alpha value is -0.870. The topological polar surface area (TPSA) is 44.8 Å². The van der Waals surface area contributed by atoms with Gasteiger partial charge in [-0.15, -0.1) is 0 Å². The van der Waals surface area contributed by atoms with Crippen molar-refractivity contribution in [2.75, 3.05) is 20.8 Å². The fourth-order valence-electron chi connectivity index (χ4n) is 0.320. The van der Waals surface area contributed by atoms with Gasteiger partial charge in [0.15, 0.2) is 0 Å². The summed E-state index contributed by atoms with van der Waals surface area (Å²) < 4.78 is 4.31. The third-order valence-corrected chi connectivity index (χ3v) is 0.737.